The molecule has 1 aromatic heterocycles. The van der Waals surface area contributed by atoms with Crippen molar-refractivity contribution in [1.82, 2.24) is 14.8 Å². The van der Waals surface area contributed by atoms with Gasteiger partial charge in [0.15, 0.2) is 10.9 Å². The first-order chi connectivity index (χ1) is 13.9. The molecule has 0 fully saturated rings. The number of nitrogens with one attached hydrogen (secondary N) is 1. The smallest absolute Gasteiger partial charge is 0.237 e. The highest BCUT2D eigenvalue weighted by Gasteiger charge is 2.20. The lowest BCUT2D eigenvalue weighted by Gasteiger charge is -2.13. The molecule has 2 aromatic carbocycles. The van der Waals surface area contributed by atoms with Crippen LogP contribution in [-0.4, -0.2) is 38.8 Å². The highest BCUT2D eigenvalue weighted by atomic mass is 32.2. The maximum Gasteiger partial charge on any atom is 0.237 e. The first-order valence-corrected chi connectivity index (χ1v) is 9.92. The van der Waals surface area contributed by atoms with Crippen molar-refractivity contribution in [2.45, 2.75) is 31.2 Å². The van der Waals surface area contributed by atoms with Gasteiger partial charge in [-0.1, -0.05) is 11.8 Å². The van der Waals surface area contributed by atoms with Gasteiger partial charge in [0.25, 0.3) is 0 Å². The van der Waals surface area contributed by atoms with Crippen LogP contribution in [0.1, 0.15) is 30.0 Å². The average Bonchev–Trinajstić information content (AvgIpc) is 3.08. The van der Waals surface area contributed by atoms with E-state index in [4.69, 9.17) is 4.74 Å². The molecule has 0 bridgehead atoms. The summed E-state index contributed by atoms with van der Waals surface area (Å²) >= 11 is 1.32. The zero-order valence-electron chi connectivity index (χ0n) is 16.7. The summed E-state index contributed by atoms with van der Waals surface area (Å²) in [5.74, 6) is 1.31. The zero-order chi connectivity index (χ0) is 21.0. The minimum atomic E-state index is -0.400. The number of rotatable bonds is 7. The second-order valence-corrected chi connectivity index (χ2v) is 7.75. The third-order valence-corrected chi connectivity index (χ3v) is 5.38. The second-order valence-electron chi connectivity index (χ2n) is 6.45. The molecule has 7 nitrogen and oxygen atoms in total. The highest BCUT2D eigenvalue weighted by molar-refractivity contribution is 8.00. The van der Waals surface area contributed by atoms with Crippen molar-refractivity contribution in [1.29, 1.82) is 0 Å². The van der Waals surface area contributed by atoms with Crippen LogP contribution in [0.2, 0.25) is 0 Å². The Morgan fingerprint density at radius 2 is 1.72 bits per heavy atom. The first kappa shape index (κ1) is 20.6. The lowest BCUT2D eigenvalue weighted by atomic mass is 10.1. The number of Topliss-reactive ketones (excluding diaryl/α,β-unsaturated/α-hetero) is 1. The quantitative estimate of drug-likeness (QED) is 0.470. The van der Waals surface area contributed by atoms with Gasteiger partial charge >= 0.3 is 0 Å². The largest absolute Gasteiger partial charge is 0.497 e. The molecule has 29 heavy (non-hydrogen) atoms. The standard InChI is InChI=1S/C21H22N4O3S/c1-13(26)16-5-7-17(8-6-16)22-20(27)14(2)29-21-24-23-15(3)25(21)18-9-11-19(28-4)12-10-18/h5-12,14H,1-4H3,(H,22,27)/t14-/m0/s1. The molecule has 0 spiro atoms. The van der Waals surface area contributed by atoms with Gasteiger partial charge in [0.1, 0.15) is 11.6 Å². The number of carbonyl (C=O) groups is 2. The minimum absolute atomic E-state index is 0.0139. The number of hydrogen-bond donors (Lipinski definition) is 1. The molecule has 150 valence electrons. The van der Waals surface area contributed by atoms with E-state index in [1.807, 2.05) is 42.7 Å². The molecule has 1 heterocycles. The number of carbonyl (C=O) groups excluding carboxylic acids is 2. The number of ketones is 1. The molecule has 1 atom stereocenters. The lowest BCUT2D eigenvalue weighted by Crippen LogP contribution is -2.23. The molecule has 0 radical (unpaired) electrons. The van der Waals surface area contributed by atoms with Crippen LogP contribution in [0.3, 0.4) is 0 Å². The van der Waals surface area contributed by atoms with Gasteiger partial charge in [0, 0.05) is 16.9 Å². The van der Waals surface area contributed by atoms with Crippen LogP contribution in [0.5, 0.6) is 5.75 Å². The molecule has 0 saturated carbocycles. The van der Waals surface area contributed by atoms with Gasteiger partial charge in [-0.3, -0.25) is 14.2 Å². The number of amides is 1. The Balaban J connectivity index is 1.72. The minimum Gasteiger partial charge on any atom is -0.497 e. The van der Waals surface area contributed by atoms with Crippen molar-refractivity contribution in [3.8, 4) is 11.4 Å². The average molecular weight is 410 g/mol. The number of benzene rings is 2. The Morgan fingerprint density at radius 1 is 1.07 bits per heavy atom. The molecular formula is C21H22N4O3S. The Kier molecular flexibility index (Phi) is 6.33. The maximum atomic E-state index is 12.6. The van der Waals surface area contributed by atoms with Gasteiger partial charge in [-0.2, -0.15) is 0 Å². The van der Waals surface area contributed by atoms with Crippen LogP contribution in [0, 0.1) is 6.92 Å². The summed E-state index contributed by atoms with van der Waals surface area (Å²) in [4.78, 5) is 24.0. The Bertz CT molecular complexity index is 1010. The topological polar surface area (TPSA) is 86.1 Å². The molecule has 0 aliphatic heterocycles. The van der Waals surface area contributed by atoms with Crippen molar-refractivity contribution >= 4 is 29.1 Å². The van der Waals surface area contributed by atoms with E-state index >= 15 is 0 Å². The number of hydrogen-bond acceptors (Lipinski definition) is 6. The zero-order valence-corrected chi connectivity index (χ0v) is 17.5. The summed E-state index contributed by atoms with van der Waals surface area (Å²) in [5, 5.41) is 11.5. The second kappa shape index (κ2) is 8.91. The summed E-state index contributed by atoms with van der Waals surface area (Å²) < 4.78 is 7.10. The van der Waals surface area contributed by atoms with Crippen molar-refractivity contribution in [3.63, 3.8) is 0 Å². The number of aromatic nitrogens is 3. The van der Waals surface area contributed by atoms with Crippen LogP contribution in [0.25, 0.3) is 5.69 Å². The van der Waals surface area contributed by atoms with Crippen molar-refractivity contribution in [2.24, 2.45) is 0 Å². The lowest BCUT2D eigenvalue weighted by molar-refractivity contribution is -0.115. The highest BCUT2D eigenvalue weighted by Crippen LogP contribution is 2.27. The summed E-state index contributed by atoms with van der Waals surface area (Å²) in [7, 11) is 1.62. The van der Waals surface area contributed by atoms with E-state index in [1.54, 1.807) is 31.4 Å². The normalized spacial score (nSPS) is 11.7. The maximum absolute atomic E-state index is 12.6. The Morgan fingerprint density at radius 3 is 2.31 bits per heavy atom. The molecule has 0 aliphatic carbocycles. The van der Waals surface area contributed by atoms with Crippen LogP contribution < -0.4 is 10.1 Å². The summed E-state index contributed by atoms with van der Waals surface area (Å²) in [6.45, 7) is 5.18. The van der Waals surface area contributed by atoms with E-state index in [9.17, 15) is 9.59 Å². The van der Waals surface area contributed by atoms with Crippen LogP contribution in [0.4, 0.5) is 5.69 Å². The molecule has 0 aliphatic rings. The van der Waals surface area contributed by atoms with E-state index in [1.165, 1.54) is 18.7 Å². The third-order valence-electron chi connectivity index (χ3n) is 4.34. The molecule has 1 amide bonds. The van der Waals surface area contributed by atoms with E-state index < -0.39 is 5.25 Å². The summed E-state index contributed by atoms with van der Waals surface area (Å²) in [6, 6.07) is 14.4. The van der Waals surface area contributed by atoms with E-state index in [0.29, 0.717) is 16.4 Å². The van der Waals surface area contributed by atoms with Crippen molar-refractivity contribution in [2.75, 3.05) is 12.4 Å². The first-order valence-electron chi connectivity index (χ1n) is 9.04. The predicted octanol–water partition coefficient (Wildman–Crippen LogP) is 3.91. The molecule has 0 unspecified atom stereocenters. The van der Waals surface area contributed by atoms with Crippen molar-refractivity contribution < 1.29 is 14.3 Å². The van der Waals surface area contributed by atoms with Gasteiger partial charge in [0.2, 0.25) is 5.91 Å². The van der Waals surface area contributed by atoms with Gasteiger partial charge in [-0.05, 0) is 69.3 Å². The Labute approximate surface area is 173 Å². The SMILES string of the molecule is COc1ccc(-n2c(C)nnc2S[C@@H](C)C(=O)Nc2ccc(C(C)=O)cc2)cc1. The number of anilines is 1. The predicted molar refractivity (Wildman–Crippen MR) is 113 cm³/mol. The van der Waals surface area contributed by atoms with E-state index in [0.717, 1.165) is 17.3 Å². The fourth-order valence-electron chi connectivity index (χ4n) is 2.69. The van der Waals surface area contributed by atoms with E-state index in [-0.39, 0.29) is 11.7 Å². The molecule has 0 saturated heterocycles. The monoisotopic (exact) mass is 410 g/mol. The van der Waals surface area contributed by atoms with Gasteiger partial charge in [-0.15, -0.1) is 10.2 Å². The fraction of sp³-hybridized carbons (Fsp3) is 0.238. The molecule has 3 aromatic rings. The number of ether oxygens (including phenoxy) is 1. The number of aryl methyl sites for hydroxylation is 1. The van der Waals surface area contributed by atoms with Crippen molar-refractivity contribution in [3.05, 3.63) is 59.9 Å². The molecule has 3 rings (SSSR count). The van der Waals surface area contributed by atoms with Crippen LogP contribution in [-0.2, 0) is 4.79 Å². The summed E-state index contributed by atoms with van der Waals surface area (Å²) in [5.41, 5.74) is 2.14. The van der Waals surface area contributed by atoms with Crippen LogP contribution >= 0.6 is 11.8 Å². The summed E-state index contributed by atoms with van der Waals surface area (Å²) in [6.07, 6.45) is 0. The van der Waals surface area contributed by atoms with Crippen LogP contribution in [0.15, 0.2) is 53.7 Å². The van der Waals surface area contributed by atoms with Gasteiger partial charge < -0.3 is 10.1 Å². The number of methoxy groups -OCH3 is 1. The van der Waals surface area contributed by atoms with Gasteiger partial charge in [0.05, 0.1) is 12.4 Å². The molecular weight excluding hydrogens is 388 g/mol. The molecule has 8 heteroatoms. The third kappa shape index (κ3) is 4.83. The fourth-order valence-corrected chi connectivity index (χ4v) is 3.60. The number of thioether (sulfide) groups is 1. The molecule has 1 N–H and O–H groups in total. The van der Waals surface area contributed by atoms with Gasteiger partial charge in [-0.25, -0.2) is 0 Å². The number of nitrogens with zero attached hydrogens (tertiary/aromatic N) is 3. The van der Waals surface area contributed by atoms with E-state index in [2.05, 4.69) is 15.5 Å². The Hall–Kier alpha value is -3.13.